The van der Waals surface area contributed by atoms with Crippen molar-refractivity contribution in [2.45, 2.75) is 25.7 Å². The number of carbonyl (C=O) groups excluding carboxylic acids is 2. The van der Waals surface area contributed by atoms with Gasteiger partial charge in [0.1, 0.15) is 0 Å². The highest BCUT2D eigenvalue weighted by molar-refractivity contribution is 6.37. The van der Waals surface area contributed by atoms with E-state index in [4.69, 9.17) is 5.11 Å². The Morgan fingerprint density at radius 1 is 1.00 bits per heavy atom. The Hall–Kier alpha value is -1.48. The third-order valence-corrected chi connectivity index (χ3v) is 2.33. The Bertz CT molecular complexity index is 343. The van der Waals surface area contributed by atoms with Crippen LogP contribution in [0.15, 0.2) is 30.3 Å². The fraction of sp³-hybridized carbons (Fsp3) is 0.385. The molecular weight excluding hydrogens is 204 g/mol. The molecule has 0 radical (unpaired) electrons. The van der Waals surface area contributed by atoms with E-state index < -0.39 is 0 Å². The number of rotatable bonds is 7. The van der Waals surface area contributed by atoms with Crippen molar-refractivity contribution in [1.29, 1.82) is 0 Å². The average Bonchev–Trinajstić information content (AvgIpc) is 2.30. The van der Waals surface area contributed by atoms with E-state index in [2.05, 4.69) is 0 Å². The van der Waals surface area contributed by atoms with Crippen LogP contribution in [0.4, 0.5) is 0 Å². The van der Waals surface area contributed by atoms with E-state index in [0.29, 0.717) is 12.8 Å². The first-order valence-electron chi connectivity index (χ1n) is 5.45. The second-order valence-corrected chi connectivity index (χ2v) is 3.69. The molecular formula is C13H16O3. The van der Waals surface area contributed by atoms with Gasteiger partial charge in [-0.3, -0.25) is 9.59 Å². The Balaban J connectivity index is 2.38. The minimum Gasteiger partial charge on any atom is -0.396 e. The Morgan fingerprint density at radius 3 is 2.31 bits per heavy atom. The molecule has 0 aliphatic rings. The Morgan fingerprint density at radius 2 is 1.69 bits per heavy atom. The van der Waals surface area contributed by atoms with Gasteiger partial charge < -0.3 is 5.11 Å². The van der Waals surface area contributed by atoms with Gasteiger partial charge in [0.15, 0.2) is 5.78 Å². The van der Waals surface area contributed by atoms with Gasteiger partial charge in [0.05, 0.1) is 0 Å². The molecule has 1 aromatic carbocycles. The summed E-state index contributed by atoms with van der Waals surface area (Å²) in [7, 11) is 0. The topological polar surface area (TPSA) is 54.4 Å². The summed E-state index contributed by atoms with van der Waals surface area (Å²) in [6.45, 7) is 0.0696. The number of hydrogen-bond acceptors (Lipinski definition) is 3. The molecule has 0 heterocycles. The molecule has 0 amide bonds. The molecule has 0 fully saturated rings. The molecule has 0 saturated heterocycles. The molecule has 3 heteroatoms. The van der Waals surface area contributed by atoms with Crippen molar-refractivity contribution in [3.63, 3.8) is 0 Å². The highest BCUT2D eigenvalue weighted by atomic mass is 16.3. The van der Waals surface area contributed by atoms with Crippen LogP contribution in [0.25, 0.3) is 0 Å². The van der Waals surface area contributed by atoms with E-state index in [1.165, 1.54) is 0 Å². The van der Waals surface area contributed by atoms with Crippen LogP contribution in [0.1, 0.15) is 24.8 Å². The molecule has 1 rings (SSSR count). The van der Waals surface area contributed by atoms with Crippen LogP contribution in [0, 0.1) is 0 Å². The lowest BCUT2D eigenvalue weighted by Gasteiger charge is -2.00. The molecule has 0 aliphatic carbocycles. The molecule has 1 aromatic rings. The van der Waals surface area contributed by atoms with Crippen LogP contribution < -0.4 is 0 Å². The van der Waals surface area contributed by atoms with E-state index in [0.717, 1.165) is 5.56 Å². The van der Waals surface area contributed by atoms with E-state index in [1.807, 2.05) is 30.3 Å². The van der Waals surface area contributed by atoms with Crippen molar-refractivity contribution < 1.29 is 14.7 Å². The smallest absolute Gasteiger partial charge is 0.202 e. The maximum absolute atomic E-state index is 11.5. The van der Waals surface area contributed by atoms with Crippen molar-refractivity contribution in [3.05, 3.63) is 35.9 Å². The first-order valence-corrected chi connectivity index (χ1v) is 5.45. The standard InChI is InChI=1S/C13H16O3/c14-9-5-4-8-12(15)13(16)10-11-6-2-1-3-7-11/h1-3,6-7,14H,4-5,8-10H2. The minimum absolute atomic E-state index is 0.0696. The number of ketones is 2. The van der Waals surface area contributed by atoms with Crippen molar-refractivity contribution in [1.82, 2.24) is 0 Å². The summed E-state index contributed by atoms with van der Waals surface area (Å²) in [5, 5.41) is 8.56. The van der Waals surface area contributed by atoms with Crippen LogP contribution in [0.2, 0.25) is 0 Å². The van der Waals surface area contributed by atoms with E-state index in [-0.39, 0.29) is 31.0 Å². The van der Waals surface area contributed by atoms with Gasteiger partial charge in [-0.1, -0.05) is 30.3 Å². The molecule has 16 heavy (non-hydrogen) atoms. The van der Waals surface area contributed by atoms with E-state index in [9.17, 15) is 9.59 Å². The fourth-order valence-corrected chi connectivity index (χ4v) is 1.42. The van der Waals surface area contributed by atoms with Gasteiger partial charge in [-0.25, -0.2) is 0 Å². The number of aliphatic hydroxyl groups is 1. The van der Waals surface area contributed by atoms with Crippen molar-refractivity contribution >= 4 is 11.6 Å². The zero-order valence-corrected chi connectivity index (χ0v) is 9.19. The molecule has 0 aromatic heterocycles. The summed E-state index contributed by atoms with van der Waals surface area (Å²) in [6.07, 6.45) is 1.57. The maximum atomic E-state index is 11.5. The normalized spacial score (nSPS) is 10.1. The van der Waals surface area contributed by atoms with Crippen molar-refractivity contribution in [2.24, 2.45) is 0 Å². The van der Waals surface area contributed by atoms with Crippen molar-refractivity contribution in [2.75, 3.05) is 6.61 Å². The molecule has 0 bridgehead atoms. The first-order chi connectivity index (χ1) is 7.74. The van der Waals surface area contributed by atoms with Crippen LogP contribution in [-0.4, -0.2) is 23.3 Å². The summed E-state index contributed by atoms with van der Waals surface area (Å²) < 4.78 is 0. The van der Waals surface area contributed by atoms with Crippen LogP contribution in [0.3, 0.4) is 0 Å². The summed E-state index contributed by atoms with van der Waals surface area (Å²) in [5.74, 6) is -0.679. The molecule has 0 saturated carbocycles. The largest absolute Gasteiger partial charge is 0.396 e. The number of unbranched alkanes of at least 4 members (excludes halogenated alkanes) is 1. The molecule has 1 N–H and O–H groups in total. The molecule has 86 valence electrons. The van der Waals surface area contributed by atoms with Crippen LogP contribution in [-0.2, 0) is 16.0 Å². The highest BCUT2D eigenvalue weighted by Gasteiger charge is 2.13. The predicted octanol–water partition coefficient (Wildman–Crippen LogP) is 1.53. The molecule has 0 unspecified atom stereocenters. The number of carbonyl (C=O) groups is 2. The summed E-state index contributed by atoms with van der Waals surface area (Å²) in [4.78, 5) is 22.9. The number of hydrogen-bond donors (Lipinski definition) is 1. The SMILES string of the molecule is O=C(CCCCO)C(=O)Cc1ccccc1. The zero-order valence-electron chi connectivity index (χ0n) is 9.19. The molecule has 3 nitrogen and oxygen atoms in total. The fourth-order valence-electron chi connectivity index (χ4n) is 1.42. The average molecular weight is 220 g/mol. The van der Waals surface area contributed by atoms with Gasteiger partial charge >= 0.3 is 0 Å². The van der Waals surface area contributed by atoms with Gasteiger partial charge in [0.25, 0.3) is 0 Å². The van der Waals surface area contributed by atoms with Gasteiger partial charge in [-0.15, -0.1) is 0 Å². The lowest BCUT2D eigenvalue weighted by molar-refractivity contribution is -0.136. The van der Waals surface area contributed by atoms with Crippen LogP contribution >= 0.6 is 0 Å². The molecule has 0 aliphatic heterocycles. The summed E-state index contributed by atoms with van der Waals surface area (Å²) in [6, 6.07) is 9.23. The number of benzene rings is 1. The predicted molar refractivity (Wildman–Crippen MR) is 61.1 cm³/mol. The first kappa shape index (κ1) is 12.6. The third kappa shape index (κ3) is 4.36. The van der Waals surface area contributed by atoms with Crippen molar-refractivity contribution in [3.8, 4) is 0 Å². The quantitative estimate of drug-likeness (QED) is 0.560. The second kappa shape index (κ2) is 6.90. The maximum Gasteiger partial charge on any atom is 0.202 e. The minimum atomic E-state index is -0.343. The van der Waals surface area contributed by atoms with Gasteiger partial charge in [0, 0.05) is 19.4 Å². The third-order valence-electron chi connectivity index (χ3n) is 2.33. The van der Waals surface area contributed by atoms with E-state index in [1.54, 1.807) is 0 Å². The summed E-state index contributed by atoms with van der Waals surface area (Å²) in [5.41, 5.74) is 0.864. The van der Waals surface area contributed by atoms with Crippen LogP contribution in [0.5, 0.6) is 0 Å². The van der Waals surface area contributed by atoms with Gasteiger partial charge in [-0.2, -0.15) is 0 Å². The highest BCUT2D eigenvalue weighted by Crippen LogP contribution is 2.03. The molecule has 0 atom stereocenters. The van der Waals surface area contributed by atoms with E-state index >= 15 is 0 Å². The molecule has 0 spiro atoms. The number of Topliss-reactive ketones (excluding diaryl/α,β-unsaturated/α-hetero) is 2. The van der Waals surface area contributed by atoms with Gasteiger partial charge in [-0.05, 0) is 18.4 Å². The summed E-state index contributed by atoms with van der Waals surface area (Å²) >= 11 is 0. The lowest BCUT2D eigenvalue weighted by atomic mass is 10.0. The number of aliphatic hydroxyl groups excluding tert-OH is 1. The monoisotopic (exact) mass is 220 g/mol. The van der Waals surface area contributed by atoms with Gasteiger partial charge in [0.2, 0.25) is 5.78 Å². The zero-order chi connectivity index (χ0) is 11.8. The Labute approximate surface area is 95.1 Å². The Kier molecular flexibility index (Phi) is 5.43. The lowest BCUT2D eigenvalue weighted by Crippen LogP contribution is -2.16. The second-order valence-electron chi connectivity index (χ2n) is 3.69.